The SMILES string of the molecule is CSc1ccccc1N1C(=O)[C@@H]2C[C@H]1CN2Cc1cccn1-c1ncccn1. The molecule has 1 aromatic carbocycles. The van der Waals surface area contributed by atoms with Crippen LogP contribution in [0.25, 0.3) is 5.95 Å². The minimum Gasteiger partial charge on any atom is -0.306 e. The first-order valence-electron chi connectivity index (χ1n) is 9.40. The third-order valence-electron chi connectivity index (χ3n) is 5.58. The smallest absolute Gasteiger partial charge is 0.244 e. The molecule has 7 heteroatoms. The van der Waals surface area contributed by atoms with E-state index in [-0.39, 0.29) is 18.0 Å². The first kappa shape index (κ1) is 17.5. The van der Waals surface area contributed by atoms with Crippen molar-refractivity contribution in [2.24, 2.45) is 0 Å². The van der Waals surface area contributed by atoms with Gasteiger partial charge < -0.3 is 4.90 Å². The third-order valence-corrected chi connectivity index (χ3v) is 6.36. The maximum Gasteiger partial charge on any atom is 0.244 e. The van der Waals surface area contributed by atoms with Crippen LogP contribution in [0.1, 0.15) is 12.1 Å². The second-order valence-electron chi connectivity index (χ2n) is 7.13. The maximum absolute atomic E-state index is 13.2. The number of carbonyl (C=O) groups excluding carboxylic acids is 1. The van der Waals surface area contributed by atoms with Gasteiger partial charge in [0.1, 0.15) is 0 Å². The number of thioether (sulfide) groups is 1. The predicted octanol–water partition coefficient (Wildman–Crippen LogP) is 2.98. The number of likely N-dealkylation sites (tertiary alicyclic amines) is 1. The van der Waals surface area contributed by atoms with E-state index in [2.05, 4.69) is 39.3 Å². The molecule has 2 bridgehead atoms. The van der Waals surface area contributed by atoms with E-state index in [0.717, 1.165) is 35.8 Å². The zero-order chi connectivity index (χ0) is 19.1. The molecule has 1 amide bonds. The average molecular weight is 392 g/mol. The van der Waals surface area contributed by atoms with Crippen molar-refractivity contribution in [2.45, 2.75) is 29.9 Å². The molecule has 2 aliphatic rings. The second-order valence-corrected chi connectivity index (χ2v) is 7.98. The Morgan fingerprint density at radius 1 is 1.11 bits per heavy atom. The van der Waals surface area contributed by atoms with Crippen LogP contribution in [0.3, 0.4) is 0 Å². The first-order chi connectivity index (χ1) is 13.8. The fraction of sp³-hybridized carbons (Fsp3) is 0.286. The van der Waals surface area contributed by atoms with E-state index in [1.807, 2.05) is 39.9 Å². The van der Waals surface area contributed by atoms with Crippen LogP contribution in [0.2, 0.25) is 0 Å². The van der Waals surface area contributed by atoms with Crippen molar-refractivity contribution >= 4 is 23.4 Å². The van der Waals surface area contributed by atoms with Gasteiger partial charge in [0.2, 0.25) is 11.9 Å². The summed E-state index contributed by atoms with van der Waals surface area (Å²) < 4.78 is 2.00. The van der Waals surface area contributed by atoms with E-state index in [9.17, 15) is 4.79 Å². The molecule has 2 saturated heterocycles. The lowest BCUT2D eigenvalue weighted by Gasteiger charge is -2.34. The highest BCUT2D eigenvalue weighted by atomic mass is 32.2. The Hall–Kier alpha value is -2.64. The number of anilines is 1. The summed E-state index contributed by atoms with van der Waals surface area (Å²) in [5.41, 5.74) is 2.15. The molecule has 28 heavy (non-hydrogen) atoms. The summed E-state index contributed by atoms with van der Waals surface area (Å²) in [4.78, 5) is 27.3. The van der Waals surface area contributed by atoms with Crippen molar-refractivity contribution in [1.29, 1.82) is 0 Å². The van der Waals surface area contributed by atoms with Crippen LogP contribution in [0.5, 0.6) is 0 Å². The number of aromatic nitrogens is 3. The van der Waals surface area contributed by atoms with E-state index in [0.29, 0.717) is 5.95 Å². The summed E-state index contributed by atoms with van der Waals surface area (Å²) in [5.74, 6) is 0.875. The summed E-state index contributed by atoms with van der Waals surface area (Å²) in [6.45, 7) is 1.61. The minimum absolute atomic E-state index is 0.0556. The minimum atomic E-state index is -0.0556. The van der Waals surface area contributed by atoms with Crippen molar-refractivity contribution in [2.75, 3.05) is 17.7 Å². The highest BCUT2D eigenvalue weighted by Crippen LogP contribution is 2.40. The molecule has 0 aliphatic carbocycles. The van der Waals surface area contributed by atoms with E-state index in [4.69, 9.17) is 0 Å². The van der Waals surface area contributed by atoms with Crippen molar-refractivity contribution in [3.8, 4) is 5.95 Å². The van der Waals surface area contributed by atoms with Gasteiger partial charge in [0.25, 0.3) is 0 Å². The molecule has 0 radical (unpaired) electrons. The van der Waals surface area contributed by atoms with Gasteiger partial charge in [0, 0.05) is 42.3 Å². The Labute approximate surface area is 168 Å². The van der Waals surface area contributed by atoms with Crippen molar-refractivity contribution in [3.05, 3.63) is 66.7 Å². The van der Waals surface area contributed by atoms with Gasteiger partial charge in [0.15, 0.2) is 0 Å². The van der Waals surface area contributed by atoms with Gasteiger partial charge in [-0.25, -0.2) is 9.97 Å². The topological polar surface area (TPSA) is 54.3 Å². The predicted molar refractivity (Wildman–Crippen MR) is 110 cm³/mol. The molecule has 3 aromatic rings. The van der Waals surface area contributed by atoms with Crippen molar-refractivity contribution < 1.29 is 4.79 Å². The highest BCUT2D eigenvalue weighted by Gasteiger charge is 2.50. The molecular weight excluding hydrogens is 370 g/mol. The number of hydrogen-bond acceptors (Lipinski definition) is 5. The molecule has 2 aliphatic heterocycles. The molecule has 0 saturated carbocycles. The van der Waals surface area contributed by atoms with Gasteiger partial charge in [-0.05, 0) is 43.0 Å². The number of rotatable bonds is 5. The Morgan fingerprint density at radius 3 is 2.71 bits per heavy atom. The molecule has 142 valence electrons. The maximum atomic E-state index is 13.2. The number of piperazine rings is 1. The Kier molecular flexibility index (Phi) is 4.41. The fourth-order valence-electron chi connectivity index (χ4n) is 4.35. The molecule has 0 unspecified atom stereocenters. The largest absolute Gasteiger partial charge is 0.306 e. The van der Waals surface area contributed by atoms with Gasteiger partial charge in [0.05, 0.1) is 17.8 Å². The van der Waals surface area contributed by atoms with Gasteiger partial charge in [-0.1, -0.05) is 12.1 Å². The number of para-hydroxylation sites is 1. The molecule has 4 heterocycles. The molecule has 2 aromatic heterocycles. The summed E-state index contributed by atoms with van der Waals surface area (Å²) in [6.07, 6.45) is 8.42. The third kappa shape index (κ3) is 2.82. The van der Waals surface area contributed by atoms with Crippen LogP contribution in [0.15, 0.2) is 66.0 Å². The standard InChI is InChI=1S/C21H21N5OS/c1-28-19-8-3-2-7-17(19)26-16-12-18(20(26)27)24(14-16)13-15-6-4-11-25(15)21-22-9-5-10-23-21/h2-11,16,18H,12-14H2,1H3/t16-,18-/m0/s1. The van der Waals surface area contributed by atoms with E-state index >= 15 is 0 Å². The van der Waals surface area contributed by atoms with E-state index in [1.54, 1.807) is 24.2 Å². The zero-order valence-electron chi connectivity index (χ0n) is 15.6. The van der Waals surface area contributed by atoms with Gasteiger partial charge in [-0.15, -0.1) is 11.8 Å². The van der Waals surface area contributed by atoms with Crippen molar-refractivity contribution in [3.63, 3.8) is 0 Å². The molecular formula is C21H21N5OS. The number of fused-ring (bicyclic) bond motifs is 2. The summed E-state index contributed by atoms with van der Waals surface area (Å²) in [6, 6.07) is 14.3. The van der Waals surface area contributed by atoms with Crippen LogP contribution in [-0.4, -0.2) is 50.2 Å². The van der Waals surface area contributed by atoms with Crippen LogP contribution in [-0.2, 0) is 11.3 Å². The van der Waals surface area contributed by atoms with E-state index in [1.165, 1.54) is 0 Å². The monoisotopic (exact) mass is 391 g/mol. The fourth-order valence-corrected chi connectivity index (χ4v) is 4.94. The Balaban J connectivity index is 1.37. The van der Waals surface area contributed by atoms with Crippen molar-refractivity contribution in [1.82, 2.24) is 19.4 Å². The molecule has 0 N–H and O–H groups in total. The quantitative estimate of drug-likeness (QED) is 0.626. The summed E-state index contributed by atoms with van der Waals surface area (Å²) in [5, 5.41) is 0. The van der Waals surface area contributed by atoms with Crippen LogP contribution in [0, 0.1) is 0 Å². The lowest BCUT2D eigenvalue weighted by Crippen LogP contribution is -2.50. The number of carbonyl (C=O) groups is 1. The van der Waals surface area contributed by atoms with Gasteiger partial charge in [-0.2, -0.15) is 0 Å². The Bertz CT molecular complexity index is 1000. The summed E-state index contributed by atoms with van der Waals surface area (Å²) >= 11 is 1.69. The lowest BCUT2D eigenvalue weighted by atomic mass is 10.2. The normalized spacial score (nSPS) is 21.6. The number of benzene rings is 1. The van der Waals surface area contributed by atoms with Crippen LogP contribution < -0.4 is 4.90 Å². The number of hydrogen-bond donors (Lipinski definition) is 0. The highest BCUT2D eigenvalue weighted by molar-refractivity contribution is 7.98. The molecule has 0 spiro atoms. The zero-order valence-corrected chi connectivity index (χ0v) is 16.4. The average Bonchev–Trinajstić information content (AvgIpc) is 3.44. The lowest BCUT2D eigenvalue weighted by molar-refractivity contribution is -0.122. The molecule has 5 rings (SSSR count). The first-order valence-corrected chi connectivity index (χ1v) is 10.6. The summed E-state index contributed by atoms with van der Waals surface area (Å²) in [7, 11) is 0. The molecule has 2 atom stereocenters. The van der Waals surface area contributed by atoms with Crippen LogP contribution >= 0.6 is 11.8 Å². The molecule has 2 fully saturated rings. The van der Waals surface area contributed by atoms with Gasteiger partial charge >= 0.3 is 0 Å². The molecule has 6 nitrogen and oxygen atoms in total. The Morgan fingerprint density at radius 2 is 1.93 bits per heavy atom. The number of nitrogens with zero attached hydrogens (tertiary/aromatic N) is 5. The van der Waals surface area contributed by atoms with Crippen LogP contribution in [0.4, 0.5) is 5.69 Å². The van der Waals surface area contributed by atoms with E-state index < -0.39 is 0 Å². The number of amides is 1. The second kappa shape index (κ2) is 7.07. The van der Waals surface area contributed by atoms with Gasteiger partial charge in [-0.3, -0.25) is 14.3 Å².